The molecular formula is C70H89N3O11S3. The van der Waals surface area contributed by atoms with Gasteiger partial charge in [0.15, 0.2) is 0 Å². The maximum Gasteiger partial charge on any atom is 0.303 e. The van der Waals surface area contributed by atoms with Gasteiger partial charge >= 0.3 is 17.9 Å². The summed E-state index contributed by atoms with van der Waals surface area (Å²) >= 11 is 3.15. The first-order valence-electron chi connectivity index (χ1n) is 31.6. The topological polar surface area (TPSA) is 236 Å². The molecule has 13 rings (SSSR count). The molecule has 8 aliphatic carbocycles. The van der Waals surface area contributed by atoms with Crippen molar-refractivity contribution in [2.75, 3.05) is 0 Å². The van der Waals surface area contributed by atoms with Gasteiger partial charge in [-0.25, -0.2) is 13.1 Å². The highest BCUT2D eigenvalue weighted by atomic mass is 32.2. The standard InChI is InChI=1S/C25H31NO4S.C25H31NO3S.C20H27NO4S/c1-25(2)16-11-15(7-5-3-4-6-8-22(28)29)23(20(25)12-16)26-24(30)19-14-31-21-10-9-17(27)13-18(19)21;1-25(2)17-13-16(9-5-3-4-6-12-22(27)28)23(20(25)14-17)26-24(29)19-15-30-21-11-8-7-10-18(19)21;22-19(23)11-7-2-1-6-10-18-15-12-13-16(14-15)20(18)21-26(24,25)17-8-4-3-5-9-17/h3,5,9-10,13-16,20,23,27H,4,6-8,11-12H2,1-2H3,(H,26,30)(H,28,29);3,5,7-8,10-11,15-17,20,23H,4,6,9,12-14H2,1-2H3,(H,26,29)(H,27,28);1,3-6,8-9,15-16,18,20-21H,2,7,10-14H2,(H,22,23)/b2*5-3-;6-1-/t15-,16-,20-,23+;16-,17-,20-,23+;15-,16+,18+,20+/m001/s1. The fourth-order valence-corrected chi connectivity index (χ4v) is 18.8. The molecule has 5 aromatic rings. The van der Waals surface area contributed by atoms with Crippen molar-refractivity contribution in [2.24, 2.45) is 64.1 Å². The second-order valence-corrected chi connectivity index (χ2v) is 30.2. The van der Waals surface area contributed by atoms with E-state index in [0.717, 1.165) is 95.9 Å². The average molecular weight is 1240 g/mol. The van der Waals surface area contributed by atoms with E-state index < -0.39 is 27.9 Å². The quantitative estimate of drug-likeness (QED) is 0.0214. The number of sulfonamides is 1. The van der Waals surface area contributed by atoms with E-state index in [1.165, 1.54) is 30.6 Å². The van der Waals surface area contributed by atoms with Crippen LogP contribution >= 0.6 is 22.7 Å². The Hall–Kier alpha value is -6.14. The molecule has 8 aliphatic rings. The number of allylic oxidation sites excluding steroid dienone is 6. The van der Waals surface area contributed by atoms with Crippen LogP contribution in [0.1, 0.15) is 170 Å². The lowest BCUT2D eigenvalue weighted by Crippen LogP contribution is -2.63. The Morgan fingerprint density at radius 1 is 0.552 bits per heavy atom. The second-order valence-electron chi connectivity index (χ2n) is 26.6. The van der Waals surface area contributed by atoms with Crippen molar-refractivity contribution < 1.29 is 52.8 Å². The van der Waals surface area contributed by atoms with Crippen molar-refractivity contribution in [1.82, 2.24) is 15.4 Å². The average Bonchev–Trinajstić information content (AvgIpc) is 1.62. The zero-order valence-corrected chi connectivity index (χ0v) is 53.2. The Morgan fingerprint density at radius 2 is 1.02 bits per heavy atom. The summed E-state index contributed by atoms with van der Waals surface area (Å²) in [6.45, 7) is 9.34. The van der Waals surface area contributed by atoms with Gasteiger partial charge in [-0.05, 0) is 203 Å². The second kappa shape index (κ2) is 29.0. The Bertz CT molecular complexity index is 3420. The van der Waals surface area contributed by atoms with Gasteiger partial charge in [0, 0.05) is 68.3 Å². The number of carboxylic acid groups (broad SMARTS) is 3. The Kier molecular flexibility index (Phi) is 21.8. The molecule has 87 heavy (non-hydrogen) atoms. The number of carboxylic acids is 3. The highest BCUT2D eigenvalue weighted by molar-refractivity contribution is 7.89. The molecule has 0 radical (unpaired) electrons. The van der Waals surface area contributed by atoms with E-state index in [1.807, 2.05) is 47.2 Å². The van der Waals surface area contributed by atoms with Gasteiger partial charge in [-0.1, -0.05) is 101 Å². The number of aliphatic carboxylic acids is 3. The number of aromatic hydroxyl groups is 1. The number of carbonyl (C=O) groups is 5. The van der Waals surface area contributed by atoms with Crippen LogP contribution in [-0.2, 0) is 24.4 Å². The van der Waals surface area contributed by atoms with E-state index >= 15 is 0 Å². The van der Waals surface area contributed by atoms with Crippen LogP contribution in [0.3, 0.4) is 0 Å². The van der Waals surface area contributed by atoms with E-state index in [4.69, 9.17) is 15.3 Å². The third kappa shape index (κ3) is 15.8. The number of unbranched alkanes of at least 4 members (excludes halogenated alkanes) is 3. The molecule has 8 fully saturated rings. The molecular weight excluding hydrogens is 1150 g/mol. The van der Waals surface area contributed by atoms with Crippen LogP contribution in [0.4, 0.5) is 0 Å². The summed E-state index contributed by atoms with van der Waals surface area (Å²) in [6, 6.07) is 22.2. The monoisotopic (exact) mass is 1240 g/mol. The summed E-state index contributed by atoms with van der Waals surface area (Å²) in [5.41, 5.74) is 1.96. The number of nitrogens with one attached hydrogen (secondary N) is 3. The molecule has 6 bridgehead atoms. The molecule has 8 saturated carbocycles. The Morgan fingerprint density at radius 3 is 1.54 bits per heavy atom. The maximum absolute atomic E-state index is 13.2. The predicted octanol–water partition coefficient (Wildman–Crippen LogP) is 15.1. The number of rotatable bonds is 25. The number of hydrogen-bond donors (Lipinski definition) is 7. The number of benzene rings is 3. The van der Waals surface area contributed by atoms with Gasteiger partial charge in [-0.3, -0.25) is 24.0 Å². The normalized spacial score (nSPS) is 27.2. The van der Waals surface area contributed by atoms with Crippen LogP contribution in [0, 0.1) is 64.1 Å². The number of phenolic OH excluding ortho intramolecular Hbond substituents is 1. The summed E-state index contributed by atoms with van der Waals surface area (Å²) in [4.78, 5) is 58.6. The lowest BCUT2D eigenvalue weighted by molar-refractivity contribution is -0.138. The van der Waals surface area contributed by atoms with Crippen molar-refractivity contribution in [3.05, 3.63) is 131 Å². The largest absolute Gasteiger partial charge is 0.508 e. The molecule has 3 aromatic carbocycles. The summed E-state index contributed by atoms with van der Waals surface area (Å²) in [5, 5.41) is 48.5. The summed E-state index contributed by atoms with van der Waals surface area (Å²) in [6.07, 6.45) is 28.4. The molecule has 7 N–H and O–H groups in total. The summed E-state index contributed by atoms with van der Waals surface area (Å²) in [7, 11) is -3.49. The van der Waals surface area contributed by atoms with E-state index in [0.29, 0.717) is 77.1 Å². The molecule has 0 spiro atoms. The predicted molar refractivity (Wildman–Crippen MR) is 345 cm³/mol. The molecule has 2 aromatic heterocycles. The number of thiophene rings is 2. The molecule has 17 heteroatoms. The first kappa shape index (κ1) is 65.3. The van der Waals surface area contributed by atoms with E-state index in [2.05, 4.69) is 79.5 Å². The van der Waals surface area contributed by atoms with Gasteiger partial charge in [0.2, 0.25) is 10.0 Å². The molecule has 12 atom stereocenters. The van der Waals surface area contributed by atoms with Crippen molar-refractivity contribution in [3.63, 3.8) is 0 Å². The summed E-state index contributed by atoms with van der Waals surface area (Å²) in [5.74, 6) is 2.56. The Balaban J connectivity index is 0.000000156. The van der Waals surface area contributed by atoms with Crippen LogP contribution < -0.4 is 15.4 Å². The van der Waals surface area contributed by atoms with Gasteiger partial charge in [0.1, 0.15) is 5.75 Å². The minimum Gasteiger partial charge on any atom is -0.508 e. The maximum atomic E-state index is 13.2. The number of amides is 2. The lowest BCUT2D eigenvalue weighted by Gasteiger charge is -2.62. The van der Waals surface area contributed by atoms with Gasteiger partial charge in [0.05, 0.1) is 16.0 Å². The number of phenols is 1. The molecule has 0 aliphatic heterocycles. The molecule has 2 heterocycles. The number of fused-ring (bicyclic) bond motifs is 8. The number of hydrogen-bond acceptors (Lipinski definition) is 10. The van der Waals surface area contributed by atoms with Crippen LogP contribution in [0.5, 0.6) is 5.75 Å². The van der Waals surface area contributed by atoms with E-state index in [9.17, 15) is 37.5 Å². The zero-order chi connectivity index (χ0) is 62.0. The van der Waals surface area contributed by atoms with Crippen molar-refractivity contribution in [1.29, 1.82) is 0 Å². The molecule has 468 valence electrons. The highest BCUT2D eigenvalue weighted by Gasteiger charge is 2.59. The van der Waals surface area contributed by atoms with Gasteiger partial charge < -0.3 is 31.1 Å². The van der Waals surface area contributed by atoms with Crippen molar-refractivity contribution in [3.8, 4) is 5.75 Å². The lowest BCUT2D eigenvalue weighted by atomic mass is 9.44. The molecule has 14 nitrogen and oxygen atoms in total. The van der Waals surface area contributed by atoms with E-state index in [-0.39, 0.29) is 65.8 Å². The number of carbonyl (C=O) groups excluding carboxylic acids is 2. The van der Waals surface area contributed by atoms with Gasteiger partial charge in [-0.2, -0.15) is 0 Å². The minimum absolute atomic E-state index is 0.00243. The third-order valence-electron chi connectivity index (χ3n) is 20.8. The van der Waals surface area contributed by atoms with Crippen LogP contribution in [0.2, 0.25) is 0 Å². The van der Waals surface area contributed by atoms with Crippen LogP contribution in [0.15, 0.2) is 125 Å². The van der Waals surface area contributed by atoms with E-state index in [1.54, 1.807) is 47.7 Å². The minimum atomic E-state index is -3.49. The Labute approximate surface area is 521 Å². The van der Waals surface area contributed by atoms with Crippen LogP contribution in [-0.4, -0.2) is 76.7 Å². The first-order chi connectivity index (χ1) is 41.6. The molecule has 2 amide bonds. The fraction of sp³-hybridized carbons (Fsp3) is 0.529. The first-order valence-corrected chi connectivity index (χ1v) is 34.8. The molecule has 0 saturated heterocycles. The summed E-state index contributed by atoms with van der Waals surface area (Å²) < 4.78 is 30.5. The third-order valence-corrected chi connectivity index (χ3v) is 24.2. The SMILES string of the molecule is CC1(C)[C@H]2C[C@H](C/C=C\CCCC(=O)O)[C@@H](NC(=O)c3csc4ccc(O)cc34)[C@@H]1C2.CC1(C)[C@H]2C[C@H](C/C=C\CCCC(=O)O)[C@@H](NC(=O)c3csc4ccccc34)[C@@H]1C2.O=C(O)CCC/C=C\C[C@H]1[C@@H]2CC[C@@H](C2)[C@@H]1NS(=O)(=O)c1ccccc1. The zero-order valence-electron chi connectivity index (χ0n) is 50.8. The molecule has 0 unspecified atom stereocenters. The smallest absolute Gasteiger partial charge is 0.303 e. The van der Waals surface area contributed by atoms with Crippen molar-refractivity contribution >= 4 is 82.6 Å². The van der Waals surface area contributed by atoms with Crippen LogP contribution in [0.25, 0.3) is 20.2 Å². The van der Waals surface area contributed by atoms with Crippen molar-refractivity contribution in [2.45, 2.75) is 173 Å². The van der Waals surface area contributed by atoms with Gasteiger partial charge in [0.25, 0.3) is 11.8 Å². The fourth-order valence-electron chi connectivity index (χ4n) is 15.6. The highest BCUT2D eigenvalue weighted by Crippen LogP contribution is 2.62. The van der Waals surface area contributed by atoms with Gasteiger partial charge in [-0.15, -0.1) is 22.7 Å².